The van der Waals surface area contributed by atoms with Gasteiger partial charge in [-0.05, 0) is 18.2 Å². The van der Waals surface area contributed by atoms with Gasteiger partial charge in [0.15, 0.2) is 4.47 Å². The van der Waals surface area contributed by atoms with Crippen molar-refractivity contribution in [3.05, 3.63) is 69.0 Å². The Hall–Kier alpha value is -2.68. The maximum Gasteiger partial charge on any atom is 0.300 e. The number of fused-ring (bicyclic) bond motifs is 1. The number of rotatable bonds is 4. The van der Waals surface area contributed by atoms with Gasteiger partial charge in [-0.2, -0.15) is 4.40 Å². The number of hydrogen-bond acceptors (Lipinski definition) is 5. The van der Waals surface area contributed by atoms with Crippen molar-refractivity contribution in [1.29, 1.82) is 0 Å². The molecule has 7 nitrogen and oxygen atoms in total. The van der Waals surface area contributed by atoms with Crippen LogP contribution < -0.4 is 15.0 Å². The summed E-state index contributed by atoms with van der Waals surface area (Å²) in [6, 6.07) is 8.48. The molecule has 0 aromatic carbocycles. The average molecular weight is 420 g/mol. The molecule has 0 aliphatic carbocycles. The van der Waals surface area contributed by atoms with Gasteiger partial charge in [-0.25, -0.2) is 14.5 Å². The van der Waals surface area contributed by atoms with E-state index in [0.717, 1.165) is 4.88 Å². The molecule has 0 radical (unpaired) electrons. The number of halogens is 2. The summed E-state index contributed by atoms with van der Waals surface area (Å²) in [5.74, 6) is -0.676. The number of anilines is 1. The molecule has 0 saturated carbocycles. The topological polar surface area (TPSA) is 86.2 Å². The van der Waals surface area contributed by atoms with Gasteiger partial charge < -0.3 is 10.4 Å². The molecular formula is C17H11Cl2N5O2S. The summed E-state index contributed by atoms with van der Waals surface area (Å²) in [7, 11) is 0. The van der Waals surface area contributed by atoms with Crippen LogP contribution in [0.1, 0.15) is 15.4 Å². The van der Waals surface area contributed by atoms with Crippen LogP contribution in [0.4, 0.5) is 5.82 Å². The van der Waals surface area contributed by atoms with Crippen LogP contribution in [-0.4, -0.2) is 20.3 Å². The van der Waals surface area contributed by atoms with Gasteiger partial charge in [-0.1, -0.05) is 29.3 Å². The molecule has 0 unspecified atom stereocenters. The van der Waals surface area contributed by atoms with E-state index in [1.807, 2.05) is 0 Å². The lowest BCUT2D eigenvalue weighted by Crippen LogP contribution is -2.36. The molecule has 4 heterocycles. The Bertz CT molecular complexity index is 1140. The van der Waals surface area contributed by atoms with Crippen LogP contribution in [0, 0.1) is 0 Å². The van der Waals surface area contributed by atoms with Gasteiger partial charge in [0.05, 0.1) is 16.1 Å². The number of aromatic nitrogens is 4. The van der Waals surface area contributed by atoms with Crippen LogP contribution in [0.5, 0.6) is 5.88 Å². The van der Waals surface area contributed by atoms with E-state index >= 15 is 0 Å². The zero-order valence-corrected chi connectivity index (χ0v) is 15.9. The molecule has 136 valence electrons. The highest BCUT2D eigenvalue weighted by molar-refractivity contribution is 7.15. The summed E-state index contributed by atoms with van der Waals surface area (Å²) in [6.45, 7) is 0.267. The molecule has 0 saturated heterocycles. The molecule has 0 aliphatic rings. The lowest BCUT2D eigenvalue weighted by Gasteiger charge is -2.06. The van der Waals surface area contributed by atoms with Crippen molar-refractivity contribution >= 4 is 51.9 Å². The molecule has 4 aromatic heterocycles. The first-order chi connectivity index (χ1) is 13.0. The highest BCUT2D eigenvalue weighted by atomic mass is 35.5. The lowest BCUT2D eigenvalue weighted by molar-refractivity contribution is -0.704. The van der Waals surface area contributed by atoms with Crippen LogP contribution in [0.2, 0.25) is 9.49 Å². The van der Waals surface area contributed by atoms with E-state index in [0.29, 0.717) is 21.0 Å². The molecule has 4 rings (SSSR count). The molecule has 1 amide bonds. The van der Waals surface area contributed by atoms with Crippen molar-refractivity contribution in [2.75, 3.05) is 5.32 Å². The number of hydrogen-bond donors (Lipinski definition) is 1. The number of amides is 1. The fourth-order valence-corrected chi connectivity index (χ4v) is 3.75. The van der Waals surface area contributed by atoms with Gasteiger partial charge in [0.25, 0.3) is 11.6 Å². The molecule has 0 spiro atoms. The van der Waals surface area contributed by atoms with Crippen LogP contribution in [0.15, 0.2) is 48.9 Å². The third kappa shape index (κ3) is 3.46. The van der Waals surface area contributed by atoms with Crippen molar-refractivity contribution in [1.82, 2.24) is 14.4 Å². The molecule has 0 bridgehead atoms. The van der Waals surface area contributed by atoms with Gasteiger partial charge in [-0.15, -0.1) is 11.3 Å². The lowest BCUT2D eigenvalue weighted by atomic mass is 10.3. The smallest absolute Gasteiger partial charge is 0.300 e. The average Bonchev–Trinajstić information content (AvgIpc) is 3.19. The molecule has 0 aliphatic heterocycles. The Morgan fingerprint density at radius 2 is 2.07 bits per heavy atom. The first kappa shape index (κ1) is 17.7. The highest BCUT2D eigenvalue weighted by Gasteiger charge is 2.26. The number of thiazole rings is 1. The summed E-state index contributed by atoms with van der Waals surface area (Å²) in [6.07, 6.45) is 4.69. The van der Waals surface area contributed by atoms with Crippen LogP contribution in [0.3, 0.4) is 0 Å². The molecule has 10 heteroatoms. The molecule has 4 aromatic rings. The van der Waals surface area contributed by atoms with Crippen LogP contribution >= 0.6 is 34.5 Å². The normalized spacial score (nSPS) is 11.0. The van der Waals surface area contributed by atoms with E-state index in [2.05, 4.69) is 15.3 Å². The summed E-state index contributed by atoms with van der Waals surface area (Å²) >= 11 is 13.0. The predicted octanol–water partition coefficient (Wildman–Crippen LogP) is 2.76. The maximum atomic E-state index is 13.0. The first-order valence-electron chi connectivity index (χ1n) is 7.76. The Morgan fingerprint density at radius 1 is 1.22 bits per heavy atom. The van der Waals surface area contributed by atoms with Crippen molar-refractivity contribution in [3.63, 3.8) is 0 Å². The van der Waals surface area contributed by atoms with Crippen LogP contribution in [-0.2, 0) is 6.54 Å². The van der Waals surface area contributed by atoms with Crippen molar-refractivity contribution in [2.45, 2.75) is 6.54 Å². The van der Waals surface area contributed by atoms with Crippen molar-refractivity contribution < 1.29 is 14.5 Å². The Balaban J connectivity index is 1.75. The van der Waals surface area contributed by atoms with Crippen molar-refractivity contribution in [3.8, 4) is 5.88 Å². The van der Waals surface area contributed by atoms with Gasteiger partial charge in [0.2, 0.25) is 5.69 Å². The standard InChI is InChI=1S/C17H11Cl2N5O2S/c18-10-4-5-12(20-7-10)22-15(25)14-16(26)24(9-11-8-21-17(19)27-11)13-3-1-2-6-23(13)14/h1-8H,9H2,(H-,20,22,25,26). The molecular weight excluding hydrogens is 409 g/mol. The quantitative estimate of drug-likeness (QED) is 0.515. The second-order valence-corrected chi connectivity index (χ2v) is 7.70. The SMILES string of the molecule is O=C(Nc1ccc(Cl)cn1)c1c([O-])[n+](Cc2cnc(Cl)s2)c2ccccn12. The largest absolute Gasteiger partial charge is 0.839 e. The Labute approximate surface area is 167 Å². The molecule has 27 heavy (non-hydrogen) atoms. The third-order valence-corrected chi connectivity index (χ3v) is 5.15. The van der Waals surface area contributed by atoms with E-state index in [1.54, 1.807) is 47.1 Å². The van der Waals surface area contributed by atoms with Gasteiger partial charge in [0.1, 0.15) is 18.2 Å². The highest BCUT2D eigenvalue weighted by Crippen LogP contribution is 2.21. The fraction of sp³-hybridized carbons (Fsp3) is 0.0588. The zero-order chi connectivity index (χ0) is 19.0. The van der Waals surface area contributed by atoms with E-state index < -0.39 is 11.8 Å². The second kappa shape index (κ2) is 7.15. The van der Waals surface area contributed by atoms with E-state index in [-0.39, 0.29) is 12.2 Å². The summed E-state index contributed by atoms with van der Waals surface area (Å²) < 4.78 is 3.46. The summed E-state index contributed by atoms with van der Waals surface area (Å²) in [5.41, 5.74) is 0.569. The van der Waals surface area contributed by atoms with Gasteiger partial charge in [0, 0.05) is 18.5 Å². The first-order valence-corrected chi connectivity index (χ1v) is 9.33. The predicted molar refractivity (Wildman–Crippen MR) is 100 cm³/mol. The summed E-state index contributed by atoms with van der Waals surface area (Å²) in [4.78, 5) is 21.6. The fourth-order valence-electron chi connectivity index (χ4n) is 2.68. The van der Waals surface area contributed by atoms with E-state index in [4.69, 9.17) is 23.2 Å². The molecule has 0 fully saturated rings. The van der Waals surface area contributed by atoms with Crippen LogP contribution in [0.25, 0.3) is 5.65 Å². The van der Waals surface area contributed by atoms with Crippen molar-refractivity contribution in [2.24, 2.45) is 0 Å². The monoisotopic (exact) mass is 419 g/mol. The number of carbonyl (C=O) groups is 1. The minimum atomic E-state index is -0.558. The number of imidazole rings is 1. The number of nitrogens with one attached hydrogen (secondary N) is 1. The maximum absolute atomic E-state index is 13.0. The minimum Gasteiger partial charge on any atom is -0.839 e. The second-order valence-electron chi connectivity index (χ2n) is 5.56. The molecule has 0 atom stereocenters. The summed E-state index contributed by atoms with van der Waals surface area (Å²) in [5, 5.41) is 16.1. The van der Waals surface area contributed by atoms with Gasteiger partial charge in [-0.3, -0.25) is 4.79 Å². The Kier molecular flexibility index (Phi) is 4.69. The number of carbonyl (C=O) groups excluding carboxylic acids is 1. The van der Waals surface area contributed by atoms with Gasteiger partial charge >= 0.3 is 0 Å². The Morgan fingerprint density at radius 3 is 2.78 bits per heavy atom. The zero-order valence-electron chi connectivity index (χ0n) is 13.6. The number of pyridine rings is 2. The number of nitrogens with zero attached hydrogens (tertiary/aromatic N) is 4. The van der Waals surface area contributed by atoms with E-state index in [1.165, 1.54) is 22.1 Å². The molecule has 1 N–H and O–H groups in total. The minimum absolute atomic E-state index is 0.0158. The third-order valence-electron chi connectivity index (χ3n) is 3.83. The van der Waals surface area contributed by atoms with E-state index in [9.17, 15) is 9.90 Å².